The normalized spacial score (nSPS) is 11.7. The molecule has 0 spiro atoms. The standard InChI is InChI=1S/C22H28N2O2S/c1-16-8-7-10-19(12-16)14-27-15-21(25)24(18(3)22(26)23-4)13-20-11-6-5-9-17(20)2/h5-12,18H,13-15H2,1-4H3,(H,23,26)/t18-/m1/s1. The minimum Gasteiger partial charge on any atom is -0.357 e. The van der Waals surface area contributed by atoms with E-state index in [0.29, 0.717) is 12.3 Å². The van der Waals surface area contributed by atoms with Gasteiger partial charge in [-0.25, -0.2) is 0 Å². The number of hydrogen-bond donors (Lipinski definition) is 1. The summed E-state index contributed by atoms with van der Waals surface area (Å²) in [5.74, 6) is 0.953. The first-order valence-electron chi connectivity index (χ1n) is 9.11. The Balaban J connectivity index is 2.06. The Bertz CT molecular complexity index is 791. The first kappa shape index (κ1) is 21.0. The van der Waals surface area contributed by atoms with Crippen LogP contribution in [0.25, 0.3) is 0 Å². The fourth-order valence-corrected chi connectivity index (χ4v) is 3.76. The predicted octanol–water partition coefficient (Wildman–Crippen LogP) is 3.70. The van der Waals surface area contributed by atoms with Gasteiger partial charge in [0.15, 0.2) is 0 Å². The molecule has 0 aromatic heterocycles. The Morgan fingerprint density at radius 1 is 1.11 bits per heavy atom. The molecule has 4 nitrogen and oxygen atoms in total. The Kier molecular flexibility index (Phi) is 7.92. The lowest BCUT2D eigenvalue weighted by atomic mass is 10.1. The quantitative estimate of drug-likeness (QED) is 0.755. The van der Waals surface area contributed by atoms with Crippen molar-refractivity contribution in [1.82, 2.24) is 10.2 Å². The van der Waals surface area contributed by atoms with E-state index in [1.165, 1.54) is 11.1 Å². The summed E-state index contributed by atoms with van der Waals surface area (Å²) in [6.07, 6.45) is 0. The fraction of sp³-hybridized carbons (Fsp3) is 0.364. The number of hydrogen-bond acceptors (Lipinski definition) is 3. The van der Waals surface area contributed by atoms with Crippen LogP contribution in [-0.4, -0.2) is 35.6 Å². The molecule has 2 aromatic carbocycles. The number of rotatable bonds is 8. The van der Waals surface area contributed by atoms with Crippen molar-refractivity contribution in [2.45, 2.75) is 39.1 Å². The molecule has 0 heterocycles. The number of carbonyl (C=O) groups is 2. The van der Waals surface area contributed by atoms with Crippen LogP contribution in [0.5, 0.6) is 0 Å². The van der Waals surface area contributed by atoms with Gasteiger partial charge < -0.3 is 10.2 Å². The summed E-state index contributed by atoms with van der Waals surface area (Å²) in [6, 6.07) is 15.8. The van der Waals surface area contributed by atoms with Crippen molar-refractivity contribution >= 4 is 23.6 Å². The van der Waals surface area contributed by atoms with Crippen LogP contribution in [-0.2, 0) is 21.9 Å². The molecule has 0 bridgehead atoms. The van der Waals surface area contributed by atoms with Crippen LogP contribution >= 0.6 is 11.8 Å². The minimum atomic E-state index is -0.512. The Morgan fingerprint density at radius 2 is 1.85 bits per heavy atom. The van der Waals surface area contributed by atoms with Gasteiger partial charge in [-0.2, -0.15) is 0 Å². The molecule has 0 saturated heterocycles. The summed E-state index contributed by atoms with van der Waals surface area (Å²) < 4.78 is 0. The SMILES string of the molecule is CNC(=O)[C@@H](C)N(Cc1ccccc1C)C(=O)CSCc1cccc(C)c1. The molecule has 2 aromatic rings. The smallest absolute Gasteiger partial charge is 0.242 e. The van der Waals surface area contributed by atoms with Gasteiger partial charge in [0.2, 0.25) is 11.8 Å². The zero-order valence-corrected chi connectivity index (χ0v) is 17.3. The molecule has 144 valence electrons. The maximum Gasteiger partial charge on any atom is 0.242 e. The molecule has 1 atom stereocenters. The zero-order chi connectivity index (χ0) is 19.8. The number of amides is 2. The summed E-state index contributed by atoms with van der Waals surface area (Å²) in [5, 5.41) is 2.65. The van der Waals surface area contributed by atoms with E-state index in [1.807, 2.05) is 37.3 Å². The molecule has 1 N–H and O–H groups in total. The lowest BCUT2D eigenvalue weighted by molar-refractivity contribution is -0.138. The number of nitrogens with zero attached hydrogens (tertiary/aromatic N) is 1. The molecule has 2 rings (SSSR count). The highest BCUT2D eigenvalue weighted by Gasteiger charge is 2.25. The first-order chi connectivity index (χ1) is 12.9. The highest BCUT2D eigenvalue weighted by Crippen LogP contribution is 2.18. The van der Waals surface area contributed by atoms with Gasteiger partial charge in [-0.05, 0) is 37.5 Å². The Morgan fingerprint density at radius 3 is 2.52 bits per heavy atom. The molecule has 0 radical (unpaired) electrons. The molecule has 0 aliphatic heterocycles. The number of nitrogens with one attached hydrogen (secondary N) is 1. The third kappa shape index (κ3) is 6.14. The topological polar surface area (TPSA) is 49.4 Å². The number of aryl methyl sites for hydroxylation is 2. The molecule has 0 aliphatic rings. The van der Waals surface area contributed by atoms with Gasteiger partial charge in [-0.1, -0.05) is 54.1 Å². The van der Waals surface area contributed by atoms with Gasteiger partial charge in [-0.3, -0.25) is 9.59 Å². The summed E-state index contributed by atoms with van der Waals surface area (Å²) in [4.78, 5) is 26.7. The van der Waals surface area contributed by atoms with Gasteiger partial charge in [0.25, 0.3) is 0 Å². The van der Waals surface area contributed by atoms with E-state index in [-0.39, 0.29) is 11.8 Å². The van der Waals surface area contributed by atoms with Gasteiger partial charge in [-0.15, -0.1) is 11.8 Å². The number of benzene rings is 2. The maximum atomic E-state index is 12.9. The first-order valence-corrected chi connectivity index (χ1v) is 10.3. The van der Waals surface area contributed by atoms with Crippen molar-refractivity contribution < 1.29 is 9.59 Å². The lowest BCUT2D eigenvalue weighted by Crippen LogP contribution is -2.47. The van der Waals surface area contributed by atoms with E-state index in [9.17, 15) is 9.59 Å². The van der Waals surface area contributed by atoms with E-state index >= 15 is 0 Å². The van der Waals surface area contributed by atoms with Crippen LogP contribution in [0.3, 0.4) is 0 Å². The predicted molar refractivity (Wildman–Crippen MR) is 113 cm³/mol. The van der Waals surface area contributed by atoms with Crippen LogP contribution in [0.2, 0.25) is 0 Å². The summed E-state index contributed by atoms with van der Waals surface area (Å²) in [7, 11) is 1.60. The second-order valence-corrected chi connectivity index (χ2v) is 7.71. The molecule has 0 aliphatic carbocycles. The Labute approximate surface area is 166 Å². The number of thioether (sulfide) groups is 1. The second kappa shape index (κ2) is 10.2. The maximum absolute atomic E-state index is 12.9. The molecule has 0 fully saturated rings. The van der Waals surface area contributed by atoms with Crippen LogP contribution in [0.15, 0.2) is 48.5 Å². The van der Waals surface area contributed by atoms with Gasteiger partial charge >= 0.3 is 0 Å². The van der Waals surface area contributed by atoms with E-state index in [1.54, 1.807) is 30.6 Å². The second-order valence-electron chi connectivity index (χ2n) is 6.72. The minimum absolute atomic E-state index is 0.0213. The van der Waals surface area contributed by atoms with E-state index < -0.39 is 6.04 Å². The van der Waals surface area contributed by atoms with Gasteiger partial charge in [0.05, 0.1) is 5.75 Å². The summed E-state index contributed by atoms with van der Waals surface area (Å²) in [6.45, 7) is 6.30. The van der Waals surface area contributed by atoms with Crippen molar-refractivity contribution in [1.29, 1.82) is 0 Å². The number of likely N-dealkylation sites (N-methyl/N-ethyl adjacent to an activating group) is 1. The highest BCUT2D eigenvalue weighted by molar-refractivity contribution is 7.99. The average molecular weight is 385 g/mol. The zero-order valence-electron chi connectivity index (χ0n) is 16.5. The highest BCUT2D eigenvalue weighted by atomic mass is 32.2. The van der Waals surface area contributed by atoms with Crippen molar-refractivity contribution in [2.24, 2.45) is 0 Å². The fourth-order valence-electron chi connectivity index (χ4n) is 2.90. The van der Waals surface area contributed by atoms with Crippen molar-refractivity contribution in [3.63, 3.8) is 0 Å². The van der Waals surface area contributed by atoms with E-state index in [2.05, 4.69) is 30.4 Å². The molecular formula is C22H28N2O2S. The van der Waals surface area contributed by atoms with Crippen molar-refractivity contribution in [3.8, 4) is 0 Å². The summed E-state index contributed by atoms with van der Waals surface area (Å²) >= 11 is 1.58. The molecule has 2 amide bonds. The lowest BCUT2D eigenvalue weighted by Gasteiger charge is -2.29. The third-order valence-electron chi connectivity index (χ3n) is 4.59. The van der Waals surface area contributed by atoms with Crippen molar-refractivity contribution in [2.75, 3.05) is 12.8 Å². The van der Waals surface area contributed by atoms with Crippen LogP contribution in [0.1, 0.15) is 29.2 Å². The summed E-state index contributed by atoms with van der Waals surface area (Å²) in [5.41, 5.74) is 4.60. The number of carbonyl (C=O) groups excluding carboxylic acids is 2. The molecule has 5 heteroatoms. The van der Waals surface area contributed by atoms with Crippen LogP contribution < -0.4 is 5.32 Å². The van der Waals surface area contributed by atoms with E-state index in [4.69, 9.17) is 0 Å². The van der Waals surface area contributed by atoms with Crippen molar-refractivity contribution in [3.05, 3.63) is 70.8 Å². The largest absolute Gasteiger partial charge is 0.357 e. The molecule has 0 saturated carbocycles. The monoisotopic (exact) mass is 384 g/mol. The average Bonchev–Trinajstić information content (AvgIpc) is 2.66. The van der Waals surface area contributed by atoms with Gasteiger partial charge in [0, 0.05) is 19.3 Å². The van der Waals surface area contributed by atoms with Crippen LogP contribution in [0.4, 0.5) is 0 Å². The third-order valence-corrected chi connectivity index (χ3v) is 5.58. The van der Waals surface area contributed by atoms with E-state index in [0.717, 1.165) is 16.9 Å². The Hall–Kier alpha value is -2.27. The molecule has 27 heavy (non-hydrogen) atoms. The van der Waals surface area contributed by atoms with Crippen LogP contribution in [0, 0.1) is 13.8 Å². The molecular weight excluding hydrogens is 356 g/mol. The molecule has 0 unspecified atom stereocenters. The van der Waals surface area contributed by atoms with Gasteiger partial charge in [0.1, 0.15) is 6.04 Å².